The number of hydrogen-bond donors (Lipinski definition) is 2. The Balaban J connectivity index is 1.50. The number of hydrogen-bond acceptors (Lipinski definition) is 4. The van der Waals surface area contributed by atoms with Gasteiger partial charge in [0.2, 0.25) is 0 Å². The predicted molar refractivity (Wildman–Crippen MR) is 126 cm³/mol. The van der Waals surface area contributed by atoms with E-state index in [0.29, 0.717) is 16.9 Å². The fourth-order valence-corrected chi connectivity index (χ4v) is 3.51. The molecule has 0 aliphatic rings. The van der Waals surface area contributed by atoms with Gasteiger partial charge in [-0.05, 0) is 61.0 Å². The van der Waals surface area contributed by atoms with Crippen molar-refractivity contribution in [1.29, 1.82) is 0 Å². The predicted octanol–water partition coefficient (Wildman–Crippen LogP) is 4.93. The van der Waals surface area contributed by atoms with Crippen LogP contribution in [0.25, 0.3) is 16.9 Å². The molecule has 4 rings (SSSR count). The van der Waals surface area contributed by atoms with E-state index in [9.17, 15) is 9.90 Å². The van der Waals surface area contributed by atoms with Crippen LogP contribution in [0.4, 0.5) is 0 Å². The number of phenols is 1. The summed E-state index contributed by atoms with van der Waals surface area (Å²) in [6.07, 6.45) is 1.37. The maximum absolute atomic E-state index is 12.5. The highest BCUT2D eigenvalue weighted by molar-refractivity contribution is 5.95. The summed E-state index contributed by atoms with van der Waals surface area (Å²) in [4.78, 5) is 12.5. The van der Waals surface area contributed by atoms with Crippen molar-refractivity contribution in [2.75, 3.05) is 7.11 Å². The van der Waals surface area contributed by atoms with Crippen molar-refractivity contribution in [2.24, 2.45) is 5.10 Å². The Morgan fingerprint density at radius 3 is 2.44 bits per heavy atom. The van der Waals surface area contributed by atoms with Crippen molar-refractivity contribution in [3.63, 3.8) is 0 Å². The van der Waals surface area contributed by atoms with E-state index in [4.69, 9.17) is 4.74 Å². The molecule has 6 nitrogen and oxygen atoms in total. The van der Waals surface area contributed by atoms with Gasteiger partial charge in [-0.25, -0.2) is 5.43 Å². The lowest BCUT2D eigenvalue weighted by Crippen LogP contribution is -2.17. The summed E-state index contributed by atoms with van der Waals surface area (Å²) < 4.78 is 7.22. The summed E-state index contributed by atoms with van der Waals surface area (Å²) in [6.45, 7) is 2.05. The number of phenolic OH excluding ortho intramolecular Hbond substituents is 1. The molecule has 4 aromatic rings. The fourth-order valence-electron chi connectivity index (χ4n) is 3.51. The molecular weight excluding hydrogens is 402 g/mol. The average Bonchev–Trinajstić information content (AvgIpc) is 3.22. The highest BCUT2D eigenvalue weighted by Gasteiger charge is 2.11. The van der Waals surface area contributed by atoms with Gasteiger partial charge in [0.25, 0.3) is 5.91 Å². The number of aryl methyl sites for hydroxylation is 1. The van der Waals surface area contributed by atoms with Gasteiger partial charge in [-0.1, -0.05) is 36.4 Å². The monoisotopic (exact) mass is 425 g/mol. The van der Waals surface area contributed by atoms with Crippen molar-refractivity contribution in [1.82, 2.24) is 9.99 Å². The van der Waals surface area contributed by atoms with E-state index in [1.165, 1.54) is 13.3 Å². The van der Waals surface area contributed by atoms with Crippen LogP contribution in [-0.2, 0) is 0 Å². The minimum atomic E-state index is -0.345. The fraction of sp³-hybridized carbons (Fsp3) is 0.0769. The molecule has 0 saturated carbocycles. The van der Waals surface area contributed by atoms with Gasteiger partial charge in [-0.2, -0.15) is 5.10 Å². The molecule has 1 aromatic heterocycles. The first-order valence-electron chi connectivity index (χ1n) is 10.1. The number of nitrogens with one attached hydrogen (secondary N) is 1. The third-order valence-corrected chi connectivity index (χ3v) is 5.15. The van der Waals surface area contributed by atoms with E-state index < -0.39 is 0 Å². The topological polar surface area (TPSA) is 75.8 Å². The number of nitrogens with zero attached hydrogens (tertiary/aromatic N) is 2. The number of para-hydroxylation sites is 1. The lowest BCUT2D eigenvalue weighted by molar-refractivity contribution is 0.0955. The van der Waals surface area contributed by atoms with E-state index in [-0.39, 0.29) is 11.7 Å². The van der Waals surface area contributed by atoms with E-state index in [0.717, 1.165) is 22.6 Å². The van der Waals surface area contributed by atoms with Crippen LogP contribution in [-0.4, -0.2) is 28.9 Å². The minimum Gasteiger partial charge on any atom is -0.504 e. The van der Waals surface area contributed by atoms with Crippen molar-refractivity contribution >= 4 is 12.1 Å². The van der Waals surface area contributed by atoms with Gasteiger partial charge in [0.05, 0.1) is 19.0 Å². The van der Waals surface area contributed by atoms with Crippen molar-refractivity contribution in [3.8, 4) is 28.4 Å². The number of ether oxygens (including phenoxy) is 1. The second-order valence-electron chi connectivity index (χ2n) is 7.21. The number of hydrazone groups is 1. The molecule has 2 N–H and O–H groups in total. The Kier molecular flexibility index (Phi) is 6.03. The highest BCUT2D eigenvalue weighted by atomic mass is 16.5. The maximum atomic E-state index is 12.5. The van der Waals surface area contributed by atoms with Crippen molar-refractivity contribution in [2.45, 2.75) is 6.92 Å². The molecule has 1 heterocycles. The normalized spacial score (nSPS) is 10.9. The first kappa shape index (κ1) is 20.9. The molecule has 0 fully saturated rings. The molecular formula is C26H23N3O3. The quantitative estimate of drug-likeness (QED) is 0.340. The van der Waals surface area contributed by atoms with Gasteiger partial charge in [0.15, 0.2) is 11.5 Å². The van der Waals surface area contributed by atoms with Crippen LogP contribution in [0.3, 0.4) is 0 Å². The van der Waals surface area contributed by atoms with Crippen molar-refractivity contribution in [3.05, 3.63) is 102 Å². The molecule has 0 radical (unpaired) electrons. The van der Waals surface area contributed by atoms with Gasteiger partial charge in [0, 0.05) is 22.5 Å². The van der Waals surface area contributed by atoms with E-state index >= 15 is 0 Å². The number of carbonyl (C=O) groups is 1. The molecule has 32 heavy (non-hydrogen) atoms. The van der Waals surface area contributed by atoms with Crippen LogP contribution in [0.1, 0.15) is 21.6 Å². The SMILES string of the molecule is COc1cccc(/C=N\NC(=O)c2ccc(-n3c(C)ccc3-c3ccccc3)cc2)c1O. The molecule has 0 bridgehead atoms. The first-order chi connectivity index (χ1) is 15.6. The van der Waals surface area contributed by atoms with Gasteiger partial charge in [0.1, 0.15) is 0 Å². The molecule has 0 aliphatic heterocycles. The lowest BCUT2D eigenvalue weighted by atomic mass is 10.1. The van der Waals surface area contributed by atoms with Crippen LogP contribution in [0.2, 0.25) is 0 Å². The third-order valence-electron chi connectivity index (χ3n) is 5.15. The number of amides is 1. The number of rotatable bonds is 6. The number of carbonyl (C=O) groups excluding carboxylic acids is 1. The Hall–Kier alpha value is -4.32. The minimum absolute atomic E-state index is 0.0336. The molecule has 0 spiro atoms. The molecule has 0 aliphatic carbocycles. The summed E-state index contributed by atoms with van der Waals surface area (Å²) in [5.41, 5.74) is 7.68. The first-order valence-corrected chi connectivity index (χ1v) is 10.1. The second-order valence-corrected chi connectivity index (χ2v) is 7.21. The number of aromatic nitrogens is 1. The van der Waals surface area contributed by atoms with Gasteiger partial charge < -0.3 is 14.4 Å². The smallest absolute Gasteiger partial charge is 0.271 e. The van der Waals surface area contributed by atoms with Crippen LogP contribution in [0.5, 0.6) is 11.5 Å². The summed E-state index contributed by atoms with van der Waals surface area (Å²) in [5, 5.41) is 14.0. The van der Waals surface area contributed by atoms with E-state index in [2.05, 4.69) is 46.3 Å². The number of benzene rings is 3. The Bertz CT molecular complexity index is 1260. The molecule has 0 saturated heterocycles. The zero-order valence-electron chi connectivity index (χ0n) is 17.8. The zero-order chi connectivity index (χ0) is 22.5. The highest BCUT2D eigenvalue weighted by Crippen LogP contribution is 2.28. The van der Waals surface area contributed by atoms with Crippen LogP contribution in [0.15, 0.2) is 90.0 Å². The number of methoxy groups -OCH3 is 1. The summed E-state index contributed by atoms with van der Waals surface area (Å²) in [5.74, 6) is -0.0394. The van der Waals surface area contributed by atoms with Crippen LogP contribution in [0, 0.1) is 6.92 Å². The lowest BCUT2D eigenvalue weighted by Gasteiger charge is -2.12. The molecule has 0 unspecified atom stereocenters. The molecule has 0 atom stereocenters. The largest absolute Gasteiger partial charge is 0.504 e. The molecule has 3 aromatic carbocycles. The maximum Gasteiger partial charge on any atom is 0.271 e. The van der Waals surface area contributed by atoms with Crippen LogP contribution < -0.4 is 10.2 Å². The Labute approximate surface area is 186 Å². The number of aromatic hydroxyl groups is 1. The third kappa shape index (κ3) is 4.25. The average molecular weight is 425 g/mol. The second kappa shape index (κ2) is 9.22. The van der Waals surface area contributed by atoms with E-state index in [1.807, 2.05) is 30.3 Å². The molecule has 160 valence electrons. The summed E-state index contributed by atoms with van der Waals surface area (Å²) in [7, 11) is 1.47. The summed E-state index contributed by atoms with van der Waals surface area (Å²) >= 11 is 0. The Morgan fingerprint density at radius 2 is 1.72 bits per heavy atom. The Morgan fingerprint density at radius 1 is 0.969 bits per heavy atom. The zero-order valence-corrected chi connectivity index (χ0v) is 17.8. The van der Waals surface area contributed by atoms with Gasteiger partial charge in [-0.15, -0.1) is 0 Å². The molecule has 6 heteroatoms. The summed E-state index contributed by atoms with van der Waals surface area (Å²) in [6, 6.07) is 26.7. The standard InChI is InChI=1S/C26H23N3O3/c1-18-11-16-23(19-7-4-3-5-8-19)29(18)22-14-12-20(13-15-22)26(31)28-27-17-21-9-6-10-24(32-2)25(21)30/h3-17,30H,1-2H3,(H,28,31)/b27-17-. The van der Waals surface area contributed by atoms with Crippen LogP contribution >= 0.6 is 0 Å². The molecule has 1 amide bonds. The van der Waals surface area contributed by atoms with Crippen molar-refractivity contribution < 1.29 is 14.6 Å². The van der Waals surface area contributed by atoms with Gasteiger partial charge >= 0.3 is 0 Å². The van der Waals surface area contributed by atoms with E-state index in [1.54, 1.807) is 30.3 Å². The van der Waals surface area contributed by atoms with Gasteiger partial charge in [-0.3, -0.25) is 4.79 Å².